The minimum atomic E-state index is -0.951. The number of likely N-dealkylation sites (tertiary alicyclic amines) is 1. The number of fused-ring (bicyclic) bond motifs is 2. The highest BCUT2D eigenvalue weighted by Crippen LogP contribution is 2.38. The van der Waals surface area contributed by atoms with Gasteiger partial charge >= 0.3 is 6.01 Å². The monoisotopic (exact) mass is 663 g/mol. The van der Waals surface area contributed by atoms with Crippen molar-refractivity contribution in [1.29, 1.82) is 5.26 Å². The number of benzene rings is 2. The summed E-state index contributed by atoms with van der Waals surface area (Å²) in [4.78, 5) is 19.5. The first-order chi connectivity index (χ1) is 22.8. The highest BCUT2D eigenvalue weighted by molar-refractivity contribution is 6.36. The lowest BCUT2D eigenvalue weighted by atomic mass is 10.0. The smallest absolute Gasteiger partial charge is 0.319 e. The maximum Gasteiger partial charge on any atom is 0.319 e. The zero-order valence-corrected chi connectivity index (χ0v) is 26.9. The van der Waals surface area contributed by atoms with Crippen LogP contribution in [-0.4, -0.2) is 108 Å². The van der Waals surface area contributed by atoms with E-state index in [4.69, 9.17) is 26.1 Å². The Labute approximate surface area is 276 Å². The number of anilines is 1. The van der Waals surface area contributed by atoms with Crippen LogP contribution < -0.4 is 9.64 Å². The van der Waals surface area contributed by atoms with E-state index in [1.165, 1.54) is 0 Å². The Morgan fingerprint density at radius 2 is 1.98 bits per heavy atom. The number of halogens is 3. The Balaban J connectivity index is 1.41. The summed E-state index contributed by atoms with van der Waals surface area (Å²) in [7, 11) is 3.40. The Bertz CT molecular complexity index is 1820. The minimum absolute atomic E-state index is 0.0176. The van der Waals surface area contributed by atoms with Crippen LogP contribution in [0.3, 0.4) is 0 Å². The van der Waals surface area contributed by atoms with Gasteiger partial charge in [0.1, 0.15) is 36.0 Å². The van der Waals surface area contributed by atoms with Crippen molar-refractivity contribution in [3.05, 3.63) is 65.6 Å². The third kappa shape index (κ3) is 6.86. The van der Waals surface area contributed by atoms with Crippen LogP contribution in [0.25, 0.3) is 32.9 Å². The maximum absolute atomic E-state index is 16.7. The van der Waals surface area contributed by atoms with E-state index in [0.29, 0.717) is 66.4 Å². The second-order valence-corrected chi connectivity index (χ2v) is 12.3. The van der Waals surface area contributed by atoms with E-state index >= 15 is 4.39 Å². The average molecular weight is 664 g/mol. The average Bonchev–Trinajstić information content (AvgIpc) is 3.40. The molecule has 246 valence electrons. The van der Waals surface area contributed by atoms with Gasteiger partial charge in [-0.05, 0) is 31.0 Å². The molecule has 0 amide bonds. The van der Waals surface area contributed by atoms with Crippen LogP contribution in [0.5, 0.6) is 6.01 Å². The van der Waals surface area contributed by atoms with Crippen molar-refractivity contribution in [2.24, 2.45) is 0 Å². The van der Waals surface area contributed by atoms with Crippen molar-refractivity contribution in [2.45, 2.75) is 37.3 Å². The predicted octanol–water partition coefficient (Wildman–Crippen LogP) is 4.98. The molecule has 4 aromatic rings. The van der Waals surface area contributed by atoms with Crippen molar-refractivity contribution in [3.8, 4) is 23.3 Å². The van der Waals surface area contributed by atoms with Gasteiger partial charge in [0.05, 0.1) is 24.5 Å². The van der Waals surface area contributed by atoms with Crippen molar-refractivity contribution in [1.82, 2.24) is 24.8 Å². The first-order valence-corrected chi connectivity index (χ1v) is 15.9. The Morgan fingerprint density at radius 3 is 2.72 bits per heavy atom. The largest absolute Gasteiger partial charge is 0.462 e. The van der Waals surface area contributed by atoms with Crippen molar-refractivity contribution in [2.75, 3.05) is 58.5 Å². The van der Waals surface area contributed by atoms with Crippen LogP contribution >= 0.6 is 11.6 Å². The van der Waals surface area contributed by atoms with Gasteiger partial charge in [0.2, 0.25) is 0 Å². The van der Waals surface area contributed by atoms with Crippen LogP contribution in [0.15, 0.2) is 54.7 Å². The number of rotatable bonds is 10. The summed E-state index contributed by atoms with van der Waals surface area (Å²) in [5.74, 6) is -0.259. The Hall–Kier alpha value is -3.99. The normalized spacial score (nSPS) is 21.6. The van der Waals surface area contributed by atoms with E-state index < -0.39 is 18.2 Å². The number of hydrogen-bond acceptors (Lipinski definition) is 10. The standard InChI is InChI=1S/C34H36ClF2N7O3/c1-42-18-22(36)16-24(42)20-47-34-40-32-26(17-39-31(30(32)37)25-8-3-6-21-7-4-9-27(35)29(21)25)33(41-34)43-13-14-44(23(19-43)11-12-38)28(45)10-5-15-46-2/h3-10,17,22-24,28,45H,11,13-16,18-20H2,1-2H3/b10-5+/t22-,23+,24+,28?/m1/s1. The number of aromatic nitrogens is 3. The minimum Gasteiger partial charge on any atom is -0.462 e. The number of pyridine rings is 1. The second-order valence-electron chi connectivity index (χ2n) is 11.9. The predicted molar refractivity (Wildman–Crippen MR) is 177 cm³/mol. The molecule has 13 heteroatoms. The lowest BCUT2D eigenvalue weighted by molar-refractivity contribution is 0.00373. The van der Waals surface area contributed by atoms with Crippen LogP contribution in [0.2, 0.25) is 5.02 Å². The molecule has 2 aliphatic rings. The van der Waals surface area contributed by atoms with Gasteiger partial charge in [-0.2, -0.15) is 15.2 Å². The summed E-state index contributed by atoms with van der Waals surface area (Å²) in [6.07, 6.45) is 3.52. The molecule has 0 saturated carbocycles. The molecule has 6 rings (SSSR count). The lowest BCUT2D eigenvalue weighted by Crippen LogP contribution is -2.56. The number of nitriles is 1. The van der Waals surface area contributed by atoms with Crippen molar-refractivity contribution < 1.29 is 23.4 Å². The molecule has 1 N–H and O–H groups in total. The van der Waals surface area contributed by atoms with E-state index in [1.807, 2.05) is 46.0 Å². The molecule has 0 bridgehead atoms. The fourth-order valence-corrected chi connectivity index (χ4v) is 6.75. The number of likely N-dealkylation sites (N-methyl/N-ethyl adjacent to an activating group) is 1. The van der Waals surface area contributed by atoms with Gasteiger partial charge in [-0.15, -0.1) is 0 Å². The molecule has 10 nitrogen and oxygen atoms in total. The van der Waals surface area contributed by atoms with Gasteiger partial charge in [-0.3, -0.25) is 14.8 Å². The molecule has 4 heterocycles. The van der Waals surface area contributed by atoms with Crippen LogP contribution in [-0.2, 0) is 4.74 Å². The highest BCUT2D eigenvalue weighted by Gasteiger charge is 2.33. The van der Waals surface area contributed by atoms with E-state index in [-0.39, 0.29) is 42.3 Å². The summed E-state index contributed by atoms with van der Waals surface area (Å²) in [6.45, 7) is 1.94. The lowest BCUT2D eigenvalue weighted by Gasteiger charge is -2.42. The van der Waals surface area contributed by atoms with Crippen molar-refractivity contribution in [3.63, 3.8) is 0 Å². The van der Waals surface area contributed by atoms with E-state index in [0.717, 1.165) is 5.39 Å². The third-order valence-electron chi connectivity index (χ3n) is 8.86. The molecule has 2 aromatic carbocycles. The first-order valence-electron chi connectivity index (χ1n) is 15.5. The molecule has 2 saturated heterocycles. The van der Waals surface area contributed by atoms with Gasteiger partial charge in [0.25, 0.3) is 0 Å². The third-order valence-corrected chi connectivity index (χ3v) is 9.18. The summed E-state index contributed by atoms with van der Waals surface area (Å²) in [5.41, 5.74) is 0.625. The molecule has 0 spiro atoms. The molecule has 2 aliphatic heterocycles. The van der Waals surface area contributed by atoms with Crippen molar-refractivity contribution >= 4 is 39.1 Å². The fraction of sp³-hybridized carbons (Fsp3) is 0.412. The number of nitrogens with zero attached hydrogens (tertiary/aromatic N) is 7. The molecule has 2 aromatic heterocycles. The summed E-state index contributed by atoms with van der Waals surface area (Å²) in [5, 5.41) is 22.9. The number of aliphatic hydroxyl groups excluding tert-OH is 1. The number of alkyl halides is 1. The molecule has 2 fully saturated rings. The van der Waals surface area contributed by atoms with E-state index in [9.17, 15) is 14.8 Å². The SMILES string of the molecule is COC/C=C/C(O)N1CCN(c2nc(OC[C@@H]3C[C@@H](F)CN3C)nc3c(F)c(-c4cccc5cccc(Cl)c45)ncc23)C[C@@H]1CC#N. The van der Waals surface area contributed by atoms with Crippen LogP contribution in [0, 0.1) is 17.1 Å². The summed E-state index contributed by atoms with van der Waals surface area (Å²) in [6, 6.07) is 12.6. The topological polar surface area (TPSA) is 111 Å². The zero-order chi connectivity index (χ0) is 33.1. The second kappa shape index (κ2) is 14.4. The number of piperazine rings is 1. The number of ether oxygens (including phenoxy) is 2. The van der Waals surface area contributed by atoms with Crippen LogP contribution in [0.4, 0.5) is 14.6 Å². The number of aliphatic hydroxyl groups is 1. The zero-order valence-electron chi connectivity index (χ0n) is 26.2. The summed E-state index contributed by atoms with van der Waals surface area (Å²) < 4.78 is 41.8. The Morgan fingerprint density at radius 1 is 1.17 bits per heavy atom. The summed E-state index contributed by atoms with van der Waals surface area (Å²) >= 11 is 6.58. The molecule has 0 aliphatic carbocycles. The van der Waals surface area contributed by atoms with Crippen LogP contribution in [0.1, 0.15) is 12.8 Å². The molecule has 4 atom stereocenters. The quantitative estimate of drug-likeness (QED) is 0.233. The molecule has 1 unspecified atom stereocenters. The van der Waals surface area contributed by atoms with Gasteiger partial charge in [0.15, 0.2) is 5.82 Å². The molecule has 47 heavy (non-hydrogen) atoms. The maximum atomic E-state index is 16.7. The molecular weight excluding hydrogens is 628 g/mol. The molecule has 0 radical (unpaired) electrons. The van der Waals surface area contributed by atoms with E-state index in [1.54, 1.807) is 37.6 Å². The number of methoxy groups -OCH3 is 1. The fourth-order valence-electron chi connectivity index (χ4n) is 6.47. The highest BCUT2D eigenvalue weighted by atomic mass is 35.5. The van der Waals surface area contributed by atoms with E-state index in [2.05, 4.69) is 16.0 Å². The van der Waals surface area contributed by atoms with Gasteiger partial charge in [0, 0.05) is 67.5 Å². The van der Waals surface area contributed by atoms with Gasteiger partial charge < -0.3 is 19.5 Å². The number of hydrogen-bond donors (Lipinski definition) is 1. The Kier molecular flexibility index (Phi) is 10.1. The molecular formula is C34H36ClF2N7O3. The van der Waals surface area contributed by atoms with Gasteiger partial charge in [-0.25, -0.2) is 8.78 Å². The van der Waals surface area contributed by atoms with Gasteiger partial charge in [-0.1, -0.05) is 48.0 Å². The first kappa shape index (κ1) is 32.9.